The highest BCUT2D eigenvalue weighted by Gasteiger charge is 2.46. The van der Waals surface area contributed by atoms with Crippen molar-refractivity contribution in [1.82, 2.24) is 10.6 Å². The summed E-state index contributed by atoms with van der Waals surface area (Å²) in [5, 5.41) is 4.30. The Morgan fingerprint density at radius 3 is 2.39 bits per heavy atom. The number of rotatable bonds is 2. The second-order valence-corrected chi connectivity index (χ2v) is 5.53. The summed E-state index contributed by atoms with van der Waals surface area (Å²) in [5.41, 5.74) is -0.334. The molecule has 0 aromatic rings. The minimum atomic E-state index is -4.47. The van der Waals surface area contributed by atoms with Gasteiger partial charge < -0.3 is 10.6 Å². The van der Waals surface area contributed by atoms with Crippen LogP contribution in [0.3, 0.4) is 0 Å². The second-order valence-electron chi connectivity index (χ2n) is 5.53. The minimum absolute atomic E-state index is 0.307. The maximum absolute atomic E-state index is 12.0. The summed E-state index contributed by atoms with van der Waals surface area (Å²) in [5.74, 6) is -2.72. The third-order valence-electron chi connectivity index (χ3n) is 3.04. The van der Waals surface area contributed by atoms with E-state index in [2.05, 4.69) is 5.32 Å². The van der Waals surface area contributed by atoms with Crippen molar-refractivity contribution in [1.29, 1.82) is 0 Å². The van der Waals surface area contributed by atoms with Gasteiger partial charge in [0.25, 0.3) is 0 Å². The minimum Gasteiger partial charge on any atom is -0.355 e. The molecule has 1 fully saturated rings. The molecule has 1 saturated heterocycles. The zero-order valence-corrected chi connectivity index (χ0v) is 10.5. The van der Waals surface area contributed by atoms with Crippen LogP contribution in [-0.2, 0) is 9.59 Å². The first-order valence-electron chi connectivity index (χ1n) is 5.64. The fraction of sp³-hybridized carbons (Fsp3) is 0.818. The average molecular weight is 266 g/mol. The number of hydrogen-bond acceptors (Lipinski definition) is 2. The van der Waals surface area contributed by atoms with E-state index >= 15 is 0 Å². The topological polar surface area (TPSA) is 58.2 Å². The van der Waals surface area contributed by atoms with E-state index in [0.717, 1.165) is 0 Å². The Bertz CT molecular complexity index is 347. The maximum Gasteiger partial charge on any atom is 0.405 e. The van der Waals surface area contributed by atoms with Crippen LogP contribution in [0.5, 0.6) is 0 Å². The first-order chi connectivity index (χ1) is 8.02. The van der Waals surface area contributed by atoms with Crippen molar-refractivity contribution in [2.45, 2.75) is 26.9 Å². The van der Waals surface area contributed by atoms with Crippen LogP contribution in [0.4, 0.5) is 13.2 Å². The highest BCUT2D eigenvalue weighted by atomic mass is 19.4. The van der Waals surface area contributed by atoms with Crippen molar-refractivity contribution < 1.29 is 22.8 Å². The average Bonchev–Trinajstić information content (AvgIpc) is 2.55. The molecule has 1 rings (SSSR count). The van der Waals surface area contributed by atoms with Gasteiger partial charge in [-0.1, -0.05) is 20.8 Å². The van der Waals surface area contributed by atoms with Crippen molar-refractivity contribution >= 4 is 11.8 Å². The van der Waals surface area contributed by atoms with Gasteiger partial charge in [-0.25, -0.2) is 0 Å². The number of carbonyl (C=O) groups excluding carboxylic acids is 2. The summed E-state index contributed by atoms with van der Waals surface area (Å²) in [6, 6.07) is 0. The molecule has 1 heterocycles. The quantitative estimate of drug-likeness (QED) is 0.735. The van der Waals surface area contributed by atoms with Crippen LogP contribution in [0.25, 0.3) is 0 Å². The SMILES string of the molecule is CC(C)(C)[C@H]1CNC(=O)[C@@H]1C(=O)NCC(F)(F)F. The Hall–Kier alpha value is -1.27. The Balaban J connectivity index is 2.73. The van der Waals surface area contributed by atoms with Crippen LogP contribution >= 0.6 is 0 Å². The van der Waals surface area contributed by atoms with Crippen molar-refractivity contribution in [2.75, 3.05) is 13.1 Å². The van der Waals surface area contributed by atoms with Gasteiger partial charge in [0.05, 0.1) is 0 Å². The van der Waals surface area contributed by atoms with Gasteiger partial charge >= 0.3 is 6.18 Å². The molecule has 2 atom stereocenters. The molecule has 2 amide bonds. The molecule has 7 heteroatoms. The van der Waals surface area contributed by atoms with Gasteiger partial charge in [0.15, 0.2) is 0 Å². The number of halogens is 3. The second kappa shape index (κ2) is 4.78. The lowest BCUT2D eigenvalue weighted by atomic mass is 9.74. The molecule has 0 bridgehead atoms. The normalized spacial score (nSPS) is 24.9. The van der Waals surface area contributed by atoms with E-state index in [0.29, 0.717) is 6.54 Å². The summed E-state index contributed by atoms with van der Waals surface area (Å²) >= 11 is 0. The summed E-state index contributed by atoms with van der Waals surface area (Å²) in [4.78, 5) is 23.2. The number of carbonyl (C=O) groups is 2. The van der Waals surface area contributed by atoms with Gasteiger partial charge in [-0.15, -0.1) is 0 Å². The highest BCUT2D eigenvalue weighted by molar-refractivity contribution is 6.02. The molecule has 0 aromatic carbocycles. The largest absolute Gasteiger partial charge is 0.405 e. The lowest BCUT2D eigenvalue weighted by molar-refractivity contribution is -0.145. The Kier molecular flexibility index (Phi) is 3.92. The smallest absolute Gasteiger partial charge is 0.355 e. The van der Waals surface area contributed by atoms with E-state index in [-0.39, 0.29) is 11.3 Å². The van der Waals surface area contributed by atoms with Gasteiger partial charge in [-0.05, 0) is 5.41 Å². The number of hydrogen-bond donors (Lipinski definition) is 2. The molecule has 18 heavy (non-hydrogen) atoms. The zero-order chi connectivity index (χ0) is 14.1. The van der Waals surface area contributed by atoms with E-state index in [9.17, 15) is 22.8 Å². The van der Waals surface area contributed by atoms with Crippen LogP contribution in [0, 0.1) is 17.3 Å². The molecule has 0 spiro atoms. The lowest BCUT2D eigenvalue weighted by Gasteiger charge is -2.29. The molecule has 2 N–H and O–H groups in total. The van der Waals surface area contributed by atoms with Crippen LogP contribution in [-0.4, -0.2) is 31.1 Å². The predicted molar refractivity (Wildman–Crippen MR) is 58.5 cm³/mol. The third-order valence-corrected chi connectivity index (χ3v) is 3.04. The van der Waals surface area contributed by atoms with Crippen LogP contribution in [0.2, 0.25) is 0 Å². The maximum atomic E-state index is 12.0. The van der Waals surface area contributed by atoms with Gasteiger partial charge in [-0.2, -0.15) is 13.2 Å². The van der Waals surface area contributed by atoms with Gasteiger partial charge in [-0.3, -0.25) is 9.59 Å². The van der Waals surface area contributed by atoms with E-state index in [4.69, 9.17) is 0 Å². The van der Waals surface area contributed by atoms with Gasteiger partial charge in [0, 0.05) is 12.5 Å². The molecule has 1 aliphatic heterocycles. The van der Waals surface area contributed by atoms with E-state index in [1.165, 1.54) is 0 Å². The lowest BCUT2D eigenvalue weighted by Crippen LogP contribution is -2.44. The first-order valence-corrected chi connectivity index (χ1v) is 5.64. The third kappa shape index (κ3) is 3.61. The van der Waals surface area contributed by atoms with Gasteiger partial charge in [0.2, 0.25) is 11.8 Å². The fourth-order valence-corrected chi connectivity index (χ4v) is 2.03. The molecule has 104 valence electrons. The monoisotopic (exact) mass is 266 g/mol. The van der Waals surface area contributed by atoms with Crippen molar-refractivity contribution in [3.05, 3.63) is 0 Å². The molecule has 4 nitrogen and oxygen atoms in total. The van der Waals surface area contributed by atoms with Gasteiger partial charge in [0.1, 0.15) is 12.5 Å². The fourth-order valence-electron chi connectivity index (χ4n) is 2.03. The molecule has 0 saturated carbocycles. The predicted octanol–water partition coefficient (Wildman–Crippen LogP) is 1.07. The van der Waals surface area contributed by atoms with Crippen LogP contribution < -0.4 is 10.6 Å². The van der Waals surface area contributed by atoms with Crippen LogP contribution in [0.1, 0.15) is 20.8 Å². The van der Waals surface area contributed by atoms with E-state index in [1.54, 1.807) is 5.32 Å². The summed E-state index contributed by atoms with van der Waals surface area (Å²) in [6.07, 6.45) is -4.47. The van der Waals surface area contributed by atoms with E-state index < -0.39 is 30.5 Å². The van der Waals surface area contributed by atoms with Crippen LogP contribution in [0.15, 0.2) is 0 Å². The molecule has 0 aliphatic carbocycles. The molecule has 0 radical (unpaired) electrons. The summed E-state index contributed by atoms with van der Waals surface area (Å²) in [6.45, 7) is 4.45. The number of nitrogens with one attached hydrogen (secondary N) is 2. The van der Waals surface area contributed by atoms with Crippen molar-refractivity contribution in [2.24, 2.45) is 17.3 Å². The zero-order valence-electron chi connectivity index (χ0n) is 10.5. The van der Waals surface area contributed by atoms with E-state index in [1.807, 2.05) is 20.8 Å². The molecule has 1 aliphatic rings. The molecule has 0 unspecified atom stereocenters. The Morgan fingerprint density at radius 1 is 1.39 bits per heavy atom. The first kappa shape index (κ1) is 14.8. The highest BCUT2D eigenvalue weighted by Crippen LogP contribution is 2.35. The molecule has 0 aromatic heterocycles. The molecular formula is C11H17F3N2O2. The Labute approximate surface area is 103 Å². The number of amides is 2. The number of alkyl halides is 3. The summed E-state index contributed by atoms with van der Waals surface area (Å²) < 4.78 is 36.0. The summed E-state index contributed by atoms with van der Waals surface area (Å²) in [7, 11) is 0. The van der Waals surface area contributed by atoms with Crippen molar-refractivity contribution in [3.63, 3.8) is 0 Å². The van der Waals surface area contributed by atoms with Crippen molar-refractivity contribution in [3.8, 4) is 0 Å². The Morgan fingerprint density at radius 2 is 1.94 bits per heavy atom. The standard InChI is InChI=1S/C11H17F3N2O2/c1-10(2,3)6-4-15-8(17)7(6)9(18)16-5-11(12,13)14/h6-7H,4-5H2,1-3H3,(H,15,17)(H,16,18)/t6-,7+/m0/s1. The molecular weight excluding hydrogens is 249 g/mol.